The highest BCUT2D eigenvalue weighted by molar-refractivity contribution is 6.36. The zero-order valence-corrected chi connectivity index (χ0v) is 12.8. The smallest absolute Gasteiger partial charge is 0.320 e. The van der Waals surface area contributed by atoms with Gasteiger partial charge >= 0.3 is 6.18 Å². The number of nitrogens with one attached hydrogen (secondary N) is 1. The second-order valence-corrected chi connectivity index (χ2v) is 5.43. The van der Waals surface area contributed by atoms with Gasteiger partial charge in [0, 0.05) is 17.1 Å². The van der Waals surface area contributed by atoms with Crippen LogP contribution in [0.1, 0.15) is 15.9 Å². The molecule has 0 aliphatic rings. The number of carbonyl (C=O) groups is 1. The number of pyridine rings is 1. The number of hydrogen-bond donors (Lipinski definition) is 1. The summed E-state index contributed by atoms with van der Waals surface area (Å²) in [5.74, 6) is -0.530. The Labute approximate surface area is 140 Å². The zero-order valence-electron chi connectivity index (χ0n) is 12.1. The van der Waals surface area contributed by atoms with E-state index in [-0.39, 0.29) is 5.56 Å². The average molecular weight is 351 g/mol. The van der Waals surface area contributed by atoms with E-state index in [1.54, 1.807) is 30.5 Å². The van der Waals surface area contributed by atoms with Crippen molar-refractivity contribution in [3.05, 3.63) is 70.9 Å². The fraction of sp³-hybridized carbons (Fsp3) is 0.0588. The highest BCUT2D eigenvalue weighted by Crippen LogP contribution is 2.30. The Morgan fingerprint density at radius 2 is 1.75 bits per heavy atom. The van der Waals surface area contributed by atoms with Crippen LogP contribution in [0.4, 0.5) is 18.9 Å². The van der Waals surface area contributed by atoms with Crippen molar-refractivity contribution in [1.29, 1.82) is 0 Å². The molecule has 3 rings (SSSR count). The lowest BCUT2D eigenvalue weighted by Crippen LogP contribution is -2.13. The molecular formula is C17H10ClF3N2O. The minimum absolute atomic E-state index is 0.113. The molecule has 0 bridgehead atoms. The first-order valence-electron chi connectivity index (χ1n) is 6.88. The molecule has 24 heavy (non-hydrogen) atoms. The van der Waals surface area contributed by atoms with E-state index in [0.29, 0.717) is 21.6 Å². The van der Waals surface area contributed by atoms with E-state index in [4.69, 9.17) is 11.6 Å². The highest BCUT2D eigenvalue weighted by Gasteiger charge is 2.30. The summed E-state index contributed by atoms with van der Waals surface area (Å²) in [6, 6.07) is 10.7. The van der Waals surface area contributed by atoms with Gasteiger partial charge in [-0.15, -0.1) is 0 Å². The van der Waals surface area contributed by atoms with E-state index in [9.17, 15) is 18.0 Å². The standard InChI is InChI=1S/C17H10ClF3N2O/c18-13-7-8-14(15-12(13)2-1-9-22-15)23-16(24)10-3-5-11(6-4-10)17(19,20)21/h1-9H,(H,23,24). The number of alkyl halides is 3. The number of halogens is 4. The van der Waals surface area contributed by atoms with E-state index in [2.05, 4.69) is 10.3 Å². The normalized spacial score (nSPS) is 11.5. The lowest BCUT2D eigenvalue weighted by atomic mass is 10.1. The third kappa shape index (κ3) is 3.19. The number of fused-ring (bicyclic) bond motifs is 1. The predicted molar refractivity (Wildman–Crippen MR) is 86.2 cm³/mol. The highest BCUT2D eigenvalue weighted by atomic mass is 35.5. The van der Waals surface area contributed by atoms with Gasteiger partial charge in [0.2, 0.25) is 0 Å². The summed E-state index contributed by atoms with van der Waals surface area (Å²) >= 11 is 6.08. The fourth-order valence-electron chi connectivity index (χ4n) is 2.24. The molecule has 0 spiro atoms. The van der Waals surface area contributed by atoms with Crippen LogP contribution in [0.25, 0.3) is 10.9 Å². The van der Waals surface area contributed by atoms with Gasteiger partial charge in [-0.3, -0.25) is 9.78 Å². The summed E-state index contributed by atoms with van der Waals surface area (Å²) in [6.45, 7) is 0. The number of rotatable bonds is 2. The fourth-order valence-corrected chi connectivity index (χ4v) is 2.46. The van der Waals surface area contributed by atoms with Crippen LogP contribution < -0.4 is 5.32 Å². The molecule has 3 nitrogen and oxygen atoms in total. The molecule has 3 aromatic rings. The number of hydrogen-bond acceptors (Lipinski definition) is 2. The molecule has 0 aliphatic carbocycles. The molecule has 0 saturated carbocycles. The maximum absolute atomic E-state index is 12.6. The molecule has 0 unspecified atom stereocenters. The molecule has 1 amide bonds. The largest absolute Gasteiger partial charge is 0.416 e. The lowest BCUT2D eigenvalue weighted by molar-refractivity contribution is -0.137. The van der Waals surface area contributed by atoms with Gasteiger partial charge in [-0.05, 0) is 48.5 Å². The molecule has 0 saturated heterocycles. The van der Waals surface area contributed by atoms with Crippen molar-refractivity contribution in [3.63, 3.8) is 0 Å². The predicted octanol–water partition coefficient (Wildman–Crippen LogP) is 5.16. The van der Waals surface area contributed by atoms with Crippen LogP contribution in [-0.4, -0.2) is 10.9 Å². The van der Waals surface area contributed by atoms with Crippen LogP contribution in [0.2, 0.25) is 5.02 Å². The minimum atomic E-state index is -4.44. The van der Waals surface area contributed by atoms with Gasteiger partial charge in [0.25, 0.3) is 5.91 Å². The molecule has 1 N–H and O–H groups in total. The first kappa shape index (κ1) is 16.3. The Morgan fingerprint density at radius 3 is 2.42 bits per heavy atom. The summed E-state index contributed by atoms with van der Waals surface area (Å²) in [5.41, 5.74) is 0.241. The summed E-state index contributed by atoms with van der Waals surface area (Å²) in [6.07, 6.45) is -2.88. The van der Waals surface area contributed by atoms with Gasteiger partial charge in [0.15, 0.2) is 0 Å². The SMILES string of the molecule is O=C(Nc1ccc(Cl)c2cccnc12)c1ccc(C(F)(F)F)cc1. The van der Waals surface area contributed by atoms with Crippen molar-refractivity contribution >= 4 is 34.1 Å². The molecule has 0 fully saturated rings. The number of anilines is 1. The minimum Gasteiger partial charge on any atom is -0.320 e. The Bertz CT molecular complexity index is 908. The molecule has 0 radical (unpaired) electrons. The van der Waals surface area contributed by atoms with E-state index < -0.39 is 17.6 Å². The first-order chi connectivity index (χ1) is 11.4. The maximum Gasteiger partial charge on any atom is 0.416 e. The number of aromatic nitrogens is 1. The Morgan fingerprint density at radius 1 is 1.04 bits per heavy atom. The van der Waals surface area contributed by atoms with E-state index >= 15 is 0 Å². The topological polar surface area (TPSA) is 42.0 Å². The van der Waals surface area contributed by atoms with Crippen molar-refractivity contribution < 1.29 is 18.0 Å². The first-order valence-corrected chi connectivity index (χ1v) is 7.26. The van der Waals surface area contributed by atoms with Gasteiger partial charge in [0.05, 0.1) is 21.8 Å². The Hall–Kier alpha value is -2.60. The van der Waals surface area contributed by atoms with Crippen molar-refractivity contribution in [2.75, 3.05) is 5.32 Å². The Kier molecular flexibility index (Phi) is 4.15. The number of amides is 1. The maximum atomic E-state index is 12.6. The monoisotopic (exact) mass is 350 g/mol. The van der Waals surface area contributed by atoms with Crippen molar-refractivity contribution in [2.24, 2.45) is 0 Å². The van der Waals surface area contributed by atoms with Gasteiger partial charge in [-0.25, -0.2) is 0 Å². The van der Waals surface area contributed by atoms with Gasteiger partial charge < -0.3 is 5.32 Å². The second-order valence-electron chi connectivity index (χ2n) is 5.02. The van der Waals surface area contributed by atoms with Crippen LogP contribution in [0, 0.1) is 0 Å². The van der Waals surface area contributed by atoms with Crippen molar-refractivity contribution in [1.82, 2.24) is 4.98 Å². The van der Waals surface area contributed by atoms with E-state index in [1.807, 2.05) is 0 Å². The third-order valence-corrected chi connectivity index (χ3v) is 3.77. The van der Waals surface area contributed by atoms with Crippen LogP contribution in [0.15, 0.2) is 54.7 Å². The summed E-state index contributed by atoms with van der Waals surface area (Å²) in [7, 11) is 0. The molecule has 122 valence electrons. The molecule has 1 aromatic heterocycles. The van der Waals surface area contributed by atoms with Gasteiger partial charge in [0.1, 0.15) is 0 Å². The van der Waals surface area contributed by atoms with Crippen LogP contribution in [-0.2, 0) is 6.18 Å². The second kappa shape index (κ2) is 6.13. The van der Waals surface area contributed by atoms with Gasteiger partial charge in [-0.1, -0.05) is 11.6 Å². The van der Waals surface area contributed by atoms with Crippen LogP contribution >= 0.6 is 11.6 Å². The quantitative estimate of drug-likeness (QED) is 0.693. The van der Waals surface area contributed by atoms with Crippen molar-refractivity contribution in [3.8, 4) is 0 Å². The summed E-state index contributed by atoms with van der Waals surface area (Å²) in [4.78, 5) is 16.4. The van der Waals surface area contributed by atoms with Crippen LogP contribution in [0.5, 0.6) is 0 Å². The number of benzene rings is 2. The van der Waals surface area contributed by atoms with Crippen molar-refractivity contribution in [2.45, 2.75) is 6.18 Å². The zero-order chi connectivity index (χ0) is 17.3. The van der Waals surface area contributed by atoms with E-state index in [0.717, 1.165) is 24.3 Å². The number of nitrogens with zero attached hydrogens (tertiary/aromatic N) is 1. The van der Waals surface area contributed by atoms with E-state index in [1.165, 1.54) is 0 Å². The summed E-state index contributed by atoms with van der Waals surface area (Å²) < 4.78 is 37.7. The van der Waals surface area contributed by atoms with Gasteiger partial charge in [-0.2, -0.15) is 13.2 Å². The number of carbonyl (C=O) groups excluding carboxylic acids is 1. The summed E-state index contributed by atoms with van der Waals surface area (Å²) in [5, 5.41) is 3.81. The molecule has 0 aliphatic heterocycles. The molecule has 1 heterocycles. The third-order valence-electron chi connectivity index (χ3n) is 3.44. The lowest BCUT2D eigenvalue weighted by Gasteiger charge is -2.10. The molecule has 2 aromatic carbocycles. The molecule has 7 heteroatoms. The molecular weight excluding hydrogens is 341 g/mol. The molecule has 0 atom stereocenters. The average Bonchev–Trinajstić information content (AvgIpc) is 2.57. The van der Waals surface area contributed by atoms with Crippen LogP contribution in [0.3, 0.4) is 0 Å². The Balaban J connectivity index is 1.89.